The summed E-state index contributed by atoms with van der Waals surface area (Å²) < 4.78 is 5.80. The minimum absolute atomic E-state index is 0.122. The molecule has 0 aliphatic heterocycles. The number of carbonyl (C=O) groups is 1. The van der Waals surface area contributed by atoms with Gasteiger partial charge >= 0.3 is 5.97 Å². The van der Waals surface area contributed by atoms with Crippen LogP contribution in [0.1, 0.15) is 24.2 Å². The Balaban J connectivity index is 2.90. The van der Waals surface area contributed by atoms with Gasteiger partial charge in [0.2, 0.25) is 0 Å². The molecule has 0 saturated carbocycles. The topological polar surface area (TPSA) is 52.3 Å². The summed E-state index contributed by atoms with van der Waals surface area (Å²) >= 11 is 3.26. The molecule has 0 unspecified atom stereocenters. The third-order valence-corrected chi connectivity index (χ3v) is 1.96. The number of halogens is 1. The smallest absolute Gasteiger partial charge is 0.338 e. The van der Waals surface area contributed by atoms with E-state index in [0.29, 0.717) is 11.3 Å². The lowest BCUT2D eigenvalue weighted by Crippen LogP contribution is -2.11. The molecule has 0 saturated heterocycles. The second-order valence-electron chi connectivity index (χ2n) is 3.23. The fourth-order valence-corrected chi connectivity index (χ4v) is 1.52. The maximum Gasteiger partial charge on any atom is 0.338 e. The van der Waals surface area contributed by atoms with E-state index in [4.69, 9.17) is 10.5 Å². The van der Waals surface area contributed by atoms with Crippen LogP contribution in [0.3, 0.4) is 0 Å². The summed E-state index contributed by atoms with van der Waals surface area (Å²) in [5.41, 5.74) is 6.59. The third kappa shape index (κ3) is 3.03. The average molecular weight is 258 g/mol. The number of anilines is 1. The molecule has 2 N–H and O–H groups in total. The number of hydrogen-bond acceptors (Lipinski definition) is 3. The Labute approximate surface area is 91.4 Å². The first-order chi connectivity index (χ1) is 6.49. The highest BCUT2D eigenvalue weighted by molar-refractivity contribution is 9.10. The Hall–Kier alpha value is -1.03. The van der Waals surface area contributed by atoms with Gasteiger partial charge in [0.05, 0.1) is 11.7 Å². The number of hydrogen-bond donors (Lipinski definition) is 1. The first-order valence-corrected chi connectivity index (χ1v) is 5.05. The number of rotatable bonds is 2. The number of carbonyl (C=O) groups excluding carboxylic acids is 1. The van der Waals surface area contributed by atoms with Crippen LogP contribution in [0.15, 0.2) is 22.7 Å². The van der Waals surface area contributed by atoms with Crippen LogP contribution in [0, 0.1) is 0 Å². The van der Waals surface area contributed by atoms with Crippen LogP contribution in [0.5, 0.6) is 0 Å². The second kappa shape index (κ2) is 4.46. The van der Waals surface area contributed by atoms with Crippen molar-refractivity contribution in [2.75, 3.05) is 5.73 Å². The lowest BCUT2D eigenvalue weighted by molar-refractivity contribution is 0.0378. The van der Waals surface area contributed by atoms with Crippen LogP contribution >= 0.6 is 15.9 Å². The van der Waals surface area contributed by atoms with Gasteiger partial charge in [-0.15, -0.1) is 0 Å². The van der Waals surface area contributed by atoms with E-state index in [-0.39, 0.29) is 12.1 Å². The van der Waals surface area contributed by atoms with Crippen LogP contribution in [0.25, 0.3) is 0 Å². The molecule has 4 heteroatoms. The molecular weight excluding hydrogens is 246 g/mol. The fourth-order valence-electron chi connectivity index (χ4n) is 1.01. The van der Waals surface area contributed by atoms with Crippen molar-refractivity contribution in [1.29, 1.82) is 0 Å². The summed E-state index contributed by atoms with van der Waals surface area (Å²) in [5, 5.41) is 0. The summed E-state index contributed by atoms with van der Waals surface area (Å²) in [6, 6.07) is 5.00. The summed E-state index contributed by atoms with van der Waals surface area (Å²) in [6.45, 7) is 3.61. The highest BCUT2D eigenvalue weighted by Gasteiger charge is 2.10. The summed E-state index contributed by atoms with van der Waals surface area (Å²) in [7, 11) is 0. The van der Waals surface area contributed by atoms with Crippen LogP contribution in [-0.2, 0) is 4.74 Å². The molecule has 0 spiro atoms. The van der Waals surface area contributed by atoms with E-state index in [1.54, 1.807) is 32.0 Å². The van der Waals surface area contributed by atoms with Crippen molar-refractivity contribution in [2.45, 2.75) is 20.0 Å². The van der Waals surface area contributed by atoms with Gasteiger partial charge in [-0.3, -0.25) is 0 Å². The van der Waals surface area contributed by atoms with Gasteiger partial charge in [-0.05, 0) is 32.0 Å². The van der Waals surface area contributed by atoms with Gasteiger partial charge in [0.1, 0.15) is 0 Å². The molecule has 76 valence electrons. The van der Waals surface area contributed by atoms with E-state index in [0.717, 1.165) is 4.47 Å². The standard InChI is InChI=1S/C10H12BrNO2/c1-6(2)14-10(13)7-3-8(11)5-9(12)4-7/h3-6H,12H2,1-2H3. The first-order valence-electron chi connectivity index (χ1n) is 4.26. The Bertz CT molecular complexity index is 330. The minimum Gasteiger partial charge on any atom is -0.459 e. The van der Waals surface area contributed by atoms with Crippen LogP contribution < -0.4 is 5.73 Å². The van der Waals surface area contributed by atoms with E-state index < -0.39 is 0 Å². The van der Waals surface area contributed by atoms with Gasteiger partial charge < -0.3 is 10.5 Å². The Morgan fingerprint density at radius 2 is 2.07 bits per heavy atom. The van der Waals surface area contributed by atoms with E-state index in [1.165, 1.54) is 0 Å². The Morgan fingerprint density at radius 3 is 2.57 bits per heavy atom. The molecule has 1 rings (SSSR count). The molecule has 0 atom stereocenters. The molecule has 0 heterocycles. The third-order valence-electron chi connectivity index (χ3n) is 1.50. The number of ether oxygens (including phenoxy) is 1. The zero-order valence-electron chi connectivity index (χ0n) is 8.08. The van der Waals surface area contributed by atoms with Gasteiger partial charge in [-0.25, -0.2) is 4.79 Å². The molecule has 0 aliphatic carbocycles. The number of esters is 1. The number of nitrogen functional groups attached to an aromatic ring is 1. The predicted octanol–water partition coefficient (Wildman–Crippen LogP) is 2.60. The molecule has 0 amide bonds. The normalized spacial score (nSPS) is 10.3. The molecule has 3 nitrogen and oxygen atoms in total. The molecular formula is C10H12BrNO2. The largest absolute Gasteiger partial charge is 0.459 e. The molecule has 0 bridgehead atoms. The van der Waals surface area contributed by atoms with Gasteiger partial charge in [0.25, 0.3) is 0 Å². The lowest BCUT2D eigenvalue weighted by Gasteiger charge is -2.08. The Kier molecular flexibility index (Phi) is 3.52. The predicted molar refractivity (Wildman–Crippen MR) is 59.1 cm³/mol. The molecule has 0 aliphatic rings. The fraction of sp³-hybridized carbons (Fsp3) is 0.300. The monoisotopic (exact) mass is 257 g/mol. The molecule has 0 fully saturated rings. The van der Waals surface area contributed by atoms with Crippen LogP contribution in [-0.4, -0.2) is 12.1 Å². The zero-order valence-corrected chi connectivity index (χ0v) is 9.67. The van der Waals surface area contributed by atoms with Gasteiger partial charge in [-0.2, -0.15) is 0 Å². The van der Waals surface area contributed by atoms with Crippen molar-refractivity contribution >= 4 is 27.6 Å². The molecule has 14 heavy (non-hydrogen) atoms. The average Bonchev–Trinajstić information content (AvgIpc) is 2.00. The maximum atomic E-state index is 11.5. The molecule has 1 aromatic carbocycles. The van der Waals surface area contributed by atoms with E-state index >= 15 is 0 Å². The second-order valence-corrected chi connectivity index (χ2v) is 4.14. The van der Waals surface area contributed by atoms with E-state index in [1.807, 2.05) is 0 Å². The maximum absolute atomic E-state index is 11.5. The first kappa shape index (κ1) is 11.0. The highest BCUT2D eigenvalue weighted by Crippen LogP contribution is 2.18. The molecule has 0 aromatic heterocycles. The van der Waals surface area contributed by atoms with Gasteiger partial charge in [-0.1, -0.05) is 15.9 Å². The summed E-state index contributed by atoms with van der Waals surface area (Å²) in [4.78, 5) is 11.5. The van der Waals surface area contributed by atoms with Crippen molar-refractivity contribution in [3.05, 3.63) is 28.2 Å². The molecule has 0 radical (unpaired) electrons. The van der Waals surface area contributed by atoms with Gasteiger partial charge in [0.15, 0.2) is 0 Å². The van der Waals surface area contributed by atoms with E-state index in [2.05, 4.69) is 15.9 Å². The van der Waals surface area contributed by atoms with Crippen molar-refractivity contribution in [3.63, 3.8) is 0 Å². The van der Waals surface area contributed by atoms with Crippen LogP contribution in [0.2, 0.25) is 0 Å². The summed E-state index contributed by atoms with van der Waals surface area (Å²) in [6.07, 6.45) is -0.122. The quantitative estimate of drug-likeness (QED) is 0.655. The van der Waals surface area contributed by atoms with Gasteiger partial charge in [0, 0.05) is 10.2 Å². The minimum atomic E-state index is -0.354. The Morgan fingerprint density at radius 1 is 1.43 bits per heavy atom. The highest BCUT2D eigenvalue weighted by atomic mass is 79.9. The van der Waals surface area contributed by atoms with Crippen molar-refractivity contribution in [1.82, 2.24) is 0 Å². The summed E-state index contributed by atoms with van der Waals surface area (Å²) in [5.74, 6) is -0.354. The van der Waals surface area contributed by atoms with Crippen molar-refractivity contribution in [3.8, 4) is 0 Å². The molecule has 1 aromatic rings. The van der Waals surface area contributed by atoms with Crippen molar-refractivity contribution < 1.29 is 9.53 Å². The van der Waals surface area contributed by atoms with Crippen LogP contribution in [0.4, 0.5) is 5.69 Å². The number of benzene rings is 1. The SMILES string of the molecule is CC(C)OC(=O)c1cc(N)cc(Br)c1. The lowest BCUT2D eigenvalue weighted by atomic mass is 10.2. The van der Waals surface area contributed by atoms with E-state index in [9.17, 15) is 4.79 Å². The number of nitrogens with two attached hydrogens (primary N) is 1. The zero-order chi connectivity index (χ0) is 10.7. The van der Waals surface area contributed by atoms with Crippen molar-refractivity contribution in [2.24, 2.45) is 0 Å².